The molecule has 0 radical (unpaired) electrons. The summed E-state index contributed by atoms with van der Waals surface area (Å²) in [5.41, 5.74) is 21.1. The SMILES string of the molecule is CC(C)(C)c1cc(C(C)(C)C)c2sc3cc4c(cc3c2c1)C(C)(C)c1cccc(N(c2ccc(-c3ccccc3)cc2)c2cccc(C3(c5ccccc5)c5ccccc5-c5ccccc53)c2)c1-4. The molecular weight excluding hydrogens is 839 g/mol. The van der Waals surface area contributed by atoms with Crippen molar-refractivity contribution >= 4 is 48.6 Å². The Hall–Kier alpha value is -7.00. The number of rotatable bonds is 6. The molecule has 2 aliphatic carbocycles. The number of thiophene rings is 1. The molecule has 68 heavy (non-hydrogen) atoms. The molecule has 0 aliphatic heterocycles. The Morgan fingerprint density at radius 1 is 0.426 bits per heavy atom. The van der Waals surface area contributed by atoms with E-state index < -0.39 is 5.41 Å². The number of fused-ring (bicyclic) bond motifs is 9. The number of hydrogen-bond donors (Lipinski definition) is 0. The number of anilines is 3. The lowest BCUT2D eigenvalue weighted by Crippen LogP contribution is -2.28. The molecule has 1 nitrogen and oxygen atoms in total. The number of nitrogens with zero attached hydrogens (tertiary/aromatic N) is 1. The molecule has 2 heteroatoms. The van der Waals surface area contributed by atoms with Crippen molar-refractivity contribution in [3.63, 3.8) is 0 Å². The fraction of sp³-hybridized carbons (Fsp3) is 0.182. The van der Waals surface area contributed by atoms with Crippen molar-refractivity contribution in [3.05, 3.63) is 245 Å². The minimum atomic E-state index is -0.522. The van der Waals surface area contributed by atoms with E-state index in [4.69, 9.17) is 0 Å². The van der Waals surface area contributed by atoms with E-state index in [1.807, 2.05) is 11.3 Å². The number of benzene rings is 9. The van der Waals surface area contributed by atoms with Gasteiger partial charge in [0, 0.05) is 42.5 Å². The standard InChI is InChI=1S/C66H57NS/c1-63(2,3)46-38-52-51-40-57-53(41-60(51)68-62(52)58(39-46)64(4,5)6)61-56(65(57,7)8)31-20-32-59(61)67(47-35-33-43(34-36-47)42-21-11-9-12-22-42)48-26-19-25-45(37-48)66(44-23-13-10-14-24-44)54-29-17-15-27-49(54)50-28-16-18-30-55(50)66/h9-41H,1-8H3. The van der Waals surface area contributed by atoms with Gasteiger partial charge >= 0.3 is 0 Å². The van der Waals surface area contributed by atoms with E-state index in [0.717, 1.165) is 11.4 Å². The van der Waals surface area contributed by atoms with Gasteiger partial charge in [-0.05, 0) is 132 Å². The Morgan fingerprint density at radius 3 is 1.68 bits per heavy atom. The first-order valence-electron chi connectivity index (χ1n) is 24.3. The fourth-order valence-corrected chi connectivity index (χ4v) is 13.2. The number of hydrogen-bond acceptors (Lipinski definition) is 2. The fourth-order valence-electron chi connectivity index (χ4n) is 11.8. The first-order valence-corrected chi connectivity index (χ1v) is 25.1. The van der Waals surface area contributed by atoms with Crippen molar-refractivity contribution in [1.29, 1.82) is 0 Å². The summed E-state index contributed by atoms with van der Waals surface area (Å²) in [4.78, 5) is 2.54. The highest BCUT2D eigenvalue weighted by Gasteiger charge is 2.46. The van der Waals surface area contributed by atoms with E-state index >= 15 is 0 Å². The third kappa shape index (κ3) is 6.34. The predicted molar refractivity (Wildman–Crippen MR) is 292 cm³/mol. The molecule has 0 fully saturated rings. The zero-order chi connectivity index (χ0) is 46.7. The predicted octanol–water partition coefficient (Wildman–Crippen LogP) is 18.5. The Bertz CT molecular complexity index is 3550. The molecule has 0 unspecified atom stereocenters. The van der Waals surface area contributed by atoms with Crippen LogP contribution < -0.4 is 4.90 Å². The van der Waals surface area contributed by atoms with Crippen LogP contribution in [-0.2, 0) is 21.7 Å². The summed E-state index contributed by atoms with van der Waals surface area (Å²) in [6, 6.07) is 75.7. The molecule has 0 atom stereocenters. The third-order valence-corrected chi connectivity index (χ3v) is 16.4. The summed E-state index contributed by atoms with van der Waals surface area (Å²) in [6.45, 7) is 19.0. The van der Waals surface area contributed by atoms with Crippen LogP contribution in [-0.4, -0.2) is 0 Å². The lowest BCUT2D eigenvalue weighted by Gasteiger charge is -2.35. The van der Waals surface area contributed by atoms with Gasteiger partial charge in [0.2, 0.25) is 0 Å². The molecule has 0 spiro atoms. The van der Waals surface area contributed by atoms with Crippen LogP contribution in [0.1, 0.15) is 99.9 Å². The van der Waals surface area contributed by atoms with Gasteiger partial charge in [-0.3, -0.25) is 0 Å². The van der Waals surface area contributed by atoms with Crippen molar-refractivity contribution in [2.24, 2.45) is 0 Å². The molecule has 2 aliphatic rings. The highest BCUT2D eigenvalue weighted by atomic mass is 32.1. The molecule has 1 heterocycles. The quantitative estimate of drug-likeness (QED) is 0.161. The lowest BCUT2D eigenvalue weighted by atomic mass is 9.67. The van der Waals surface area contributed by atoms with E-state index in [1.54, 1.807) is 0 Å². The van der Waals surface area contributed by atoms with Gasteiger partial charge in [0.1, 0.15) is 0 Å². The maximum atomic E-state index is 2.56. The average Bonchev–Trinajstić information content (AvgIpc) is 3.94. The van der Waals surface area contributed by atoms with Crippen LogP contribution in [0.25, 0.3) is 53.6 Å². The summed E-state index contributed by atoms with van der Waals surface area (Å²) in [5.74, 6) is 0. The first kappa shape index (κ1) is 42.4. The van der Waals surface area contributed by atoms with Crippen LogP contribution in [0.15, 0.2) is 200 Å². The van der Waals surface area contributed by atoms with Crippen LogP contribution in [0.3, 0.4) is 0 Å². The minimum absolute atomic E-state index is 0.00893. The minimum Gasteiger partial charge on any atom is -0.310 e. The molecule has 0 saturated heterocycles. The van der Waals surface area contributed by atoms with Gasteiger partial charge in [-0.15, -0.1) is 11.3 Å². The molecular formula is C66H57NS. The van der Waals surface area contributed by atoms with Gasteiger partial charge < -0.3 is 4.90 Å². The smallest absolute Gasteiger partial charge is 0.0714 e. The van der Waals surface area contributed by atoms with Crippen LogP contribution in [0, 0.1) is 0 Å². The van der Waals surface area contributed by atoms with Gasteiger partial charge in [-0.25, -0.2) is 0 Å². The second-order valence-corrected chi connectivity index (χ2v) is 22.8. The monoisotopic (exact) mass is 895 g/mol. The van der Waals surface area contributed by atoms with Crippen molar-refractivity contribution in [2.45, 2.75) is 77.0 Å². The van der Waals surface area contributed by atoms with Crippen molar-refractivity contribution < 1.29 is 0 Å². The van der Waals surface area contributed by atoms with Gasteiger partial charge in [0.05, 0.1) is 11.1 Å². The Balaban J connectivity index is 1.11. The molecule has 0 amide bonds. The molecule has 9 aromatic carbocycles. The summed E-state index contributed by atoms with van der Waals surface area (Å²) < 4.78 is 2.76. The van der Waals surface area contributed by atoms with E-state index in [2.05, 4.69) is 260 Å². The lowest BCUT2D eigenvalue weighted by molar-refractivity contribution is 0.573. The molecule has 0 saturated carbocycles. The molecule has 12 rings (SSSR count). The third-order valence-electron chi connectivity index (χ3n) is 15.2. The Morgan fingerprint density at radius 2 is 1.01 bits per heavy atom. The van der Waals surface area contributed by atoms with E-state index in [1.165, 1.54) is 104 Å². The van der Waals surface area contributed by atoms with Gasteiger partial charge in [-0.2, -0.15) is 0 Å². The van der Waals surface area contributed by atoms with Gasteiger partial charge in [0.15, 0.2) is 0 Å². The second kappa shape index (κ2) is 15.3. The van der Waals surface area contributed by atoms with Crippen LogP contribution in [0.4, 0.5) is 17.1 Å². The van der Waals surface area contributed by atoms with Crippen LogP contribution >= 0.6 is 11.3 Å². The maximum absolute atomic E-state index is 2.56. The van der Waals surface area contributed by atoms with Gasteiger partial charge in [0.25, 0.3) is 0 Å². The van der Waals surface area contributed by atoms with E-state index in [0.29, 0.717) is 0 Å². The van der Waals surface area contributed by atoms with Gasteiger partial charge in [-0.1, -0.05) is 207 Å². The van der Waals surface area contributed by atoms with Crippen molar-refractivity contribution in [1.82, 2.24) is 0 Å². The second-order valence-electron chi connectivity index (χ2n) is 21.7. The van der Waals surface area contributed by atoms with Crippen molar-refractivity contribution in [2.75, 3.05) is 4.90 Å². The summed E-state index contributed by atoms with van der Waals surface area (Å²) in [6.07, 6.45) is 0. The summed E-state index contributed by atoms with van der Waals surface area (Å²) >= 11 is 1.97. The highest BCUT2D eigenvalue weighted by Crippen LogP contribution is 2.59. The zero-order valence-corrected chi connectivity index (χ0v) is 41.2. The molecule has 332 valence electrons. The normalized spacial score (nSPS) is 14.4. The summed E-state index contributed by atoms with van der Waals surface area (Å²) in [7, 11) is 0. The maximum Gasteiger partial charge on any atom is 0.0714 e. The summed E-state index contributed by atoms with van der Waals surface area (Å²) in [5, 5.41) is 2.75. The zero-order valence-electron chi connectivity index (χ0n) is 40.4. The van der Waals surface area contributed by atoms with Crippen LogP contribution in [0.2, 0.25) is 0 Å². The molecule has 1 aromatic heterocycles. The molecule has 0 N–H and O–H groups in total. The average molecular weight is 896 g/mol. The Kier molecular flexibility index (Phi) is 9.50. The highest BCUT2D eigenvalue weighted by molar-refractivity contribution is 7.26. The Labute approximate surface area is 406 Å². The van der Waals surface area contributed by atoms with E-state index in [9.17, 15) is 0 Å². The van der Waals surface area contributed by atoms with Crippen molar-refractivity contribution in [3.8, 4) is 33.4 Å². The van der Waals surface area contributed by atoms with E-state index in [-0.39, 0.29) is 16.2 Å². The molecule has 10 aromatic rings. The topological polar surface area (TPSA) is 3.24 Å². The molecule has 0 bridgehead atoms. The van der Waals surface area contributed by atoms with Crippen LogP contribution in [0.5, 0.6) is 0 Å². The largest absolute Gasteiger partial charge is 0.310 e. The first-order chi connectivity index (χ1) is 32.7.